The smallest absolute Gasteiger partial charge is 0.341 e. The van der Waals surface area contributed by atoms with E-state index in [0.717, 1.165) is 16.2 Å². The summed E-state index contributed by atoms with van der Waals surface area (Å²) in [7, 11) is 0. The van der Waals surface area contributed by atoms with Crippen LogP contribution in [0.5, 0.6) is 0 Å². The van der Waals surface area contributed by atoms with Crippen molar-refractivity contribution in [3.63, 3.8) is 0 Å². The third-order valence-electron chi connectivity index (χ3n) is 4.16. The quantitative estimate of drug-likeness (QED) is 0.607. The van der Waals surface area contributed by atoms with Gasteiger partial charge in [-0.3, -0.25) is 9.69 Å². The lowest BCUT2D eigenvalue weighted by atomic mass is 10.1. The van der Waals surface area contributed by atoms with Crippen molar-refractivity contribution < 1.29 is 18.7 Å². The Morgan fingerprint density at radius 1 is 1.39 bits per heavy atom. The average molecular weight is 404 g/mol. The zero-order chi connectivity index (χ0) is 20.5. The van der Waals surface area contributed by atoms with Crippen LogP contribution in [0.4, 0.5) is 5.00 Å². The molecule has 0 spiro atoms. The highest BCUT2D eigenvalue weighted by molar-refractivity contribution is 7.16. The summed E-state index contributed by atoms with van der Waals surface area (Å²) in [4.78, 5) is 27.9. The molecule has 0 saturated heterocycles. The van der Waals surface area contributed by atoms with E-state index in [1.165, 1.54) is 11.3 Å². The van der Waals surface area contributed by atoms with E-state index < -0.39 is 5.97 Å². The van der Waals surface area contributed by atoms with Gasteiger partial charge in [-0.05, 0) is 38.0 Å². The van der Waals surface area contributed by atoms with Crippen LogP contribution in [0.15, 0.2) is 22.8 Å². The third-order valence-corrected chi connectivity index (χ3v) is 5.22. The Labute approximate surface area is 168 Å². The van der Waals surface area contributed by atoms with E-state index in [1.54, 1.807) is 19.3 Å². The van der Waals surface area contributed by atoms with E-state index in [2.05, 4.69) is 11.4 Å². The molecule has 8 heteroatoms. The van der Waals surface area contributed by atoms with Crippen LogP contribution in [0.3, 0.4) is 0 Å². The molecule has 1 amide bonds. The van der Waals surface area contributed by atoms with Crippen molar-refractivity contribution in [2.45, 2.75) is 40.2 Å². The van der Waals surface area contributed by atoms with Crippen LogP contribution in [-0.4, -0.2) is 36.5 Å². The first kappa shape index (κ1) is 21.7. The van der Waals surface area contributed by atoms with Crippen LogP contribution < -0.4 is 5.32 Å². The molecule has 0 aliphatic rings. The largest absolute Gasteiger partial charge is 0.468 e. The number of thiophene rings is 1. The molecule has 2 rings (SSSR count). The van der Waals surface area contributed by atoms with Crippen molar-refractivity contribution in [3.05, 3.63) is 40.2 Å². The molecular weight excluding hydrogens is 378 g/mol. The fourth-order valence-corrected chi connectivity index (χ4v) is 4.08. The maximum atomic E-state index is 12.6. The maximum absolute atomic E-state index is 12.6. The highest BCUT2D eigenvalue weighted by atomic mass is 32.1. The molecule has 0 unspecified atom stereocenters. The van der Waals surface area contributed by atoms with Crippen molar-refractivity contribution >= 4 is 28.2 Å². The molecule has 2 heterocycles. The van der Waals surface area contributed by atoms with Gasteiger partial charge in [-0.2, -0.15) is 5.26 Å². The first-order valence-electron chi connectivity index (χ1n) is 9.21. The van der Waals surface area contributed by atoms with E-state index in [0.29, 0.717) is 36.5 Å². The number of carbonyl (C=O) groups excluding carboxylic acids is 2. The van der Waals surface area contributed by atoms with Crippen molar-refractivity contribution in [2.75, 3.05) is 25.0 Å². The minimum absolute atomic E-state index is 0.0864. The summed E-state index contributed by atoms with van der Waals surface area (Å²) in [6, 6.07) is 5.70. The number of ether oxygens (including phenoxy) is 1. The molecular formula is C20H25N3O4S. The molecule has 0 radical (unpaired) electrons. The number of hydrogen-bond donors (Lipinski definition) is 1. The van der Waals surface area contributed by atoms with E-state index in [9.17, 15) is 9.59 Å². The minimum atomic E-state index is -0.420. The van der Waals surface area contributed by atoms with Gasteiger partial charge < -0.3 is 14.5 Å². The fourth-order valence-electron chi connectivity index (χ4n) is 2.93. The molecule has 150 valence electrons. The van der Waals surface area contributed by atoms with Crippen LogP contribution in [0.25, 0.3) is 0 Å². The Balaban J connectivity index is 2.13. The number of nitrogens with one attached hydrogen (secondary N) is 1. The summed E-state index contributed by atoms with van der Waals surface area (Å²) in [5.74, 6) is 0.0491. The lowest BCUT2D eigenvalue weighted by Crippen LogP contribution is -2.33. The molecule has 0 atom stereocenters. The number of rotatable bonds is 10. The maximum Gasteiger partial charge on any atom is 0.341 e. The molecule has 2 aromatic heterocycles. The Morgan fingerprint density at radius 3 is 2.79 bits per heavy atom. The fraction of sp³-hybridized carbons (Fsp3) is 0.450. The SMILES string of the molecule is CCOC(=O)c1c(NC(=O)CN(CCC#N)Cc2ccco2)sc(C)c1CC. The second-order valence-corrected chi connectivity index (χ2v) is 7.39. The Bertz CT molecular complexity index is 836. The molecule has 0 fully saturated rings. The van der Waals surface area contributed by atoms with Crippen molar-refractivity contribution in [3.8, 4) is 6.07 Å². The van der Waals surface area contributed by atoms with Crippen LogP contribution >= 0.6 is 11.3 Å². The lowest BCUT2D eigenvalue weighted by Gasteiger charge is -2.19. The van der Waals surface area contributed by atoms with E-state index in [4.69, 9.17) is 14.4 Å². The number of esters is 1. The second kappa shape index (κ2) is 10.6. The summed E-state index contributed by atoms with van der Waals surface area (Å²) in [5, 5.41) is 12.2. The number of anilines is 1. The molecule has 0 aliphatic carbocycles. The molecule has 28 heavy (non-hydrogen) atoms. The van der Waals surface area contributed by atoms with Gasteiger partial charge in [0, 0.05) is 17.8 Å². The number of hydrogen-bond acceptors (Lipinski definition) is 7. The first-order valence-corrected chi connectivity index (χ1v) is 10.0. The van der Waals surface area contributed by atoms with Gasteiger partial charge in [0.2, 0.25) is 5.91 Å². The van der Waals surface area contributed by atoms with Gasteiger partial charge in [0.25, 0.3) is 0 Å². The molecule has 1 N–H and O–H groups in total. The van der Waals surface area contributed by atoms with E-state index >= 15 is 0 Å². The van der Waals surface area contributed by atoms with E-state index in [1.807, 2.05) is 24.8 Å². The standard InChI is InChI=1S/C20H25N3O4S/c1-4-16-14(3)28-19(18(16)20(25)26-5-2)22-17(24)13-23(10-7-9-21)12-15-8-6-11-27-15/h6,8,11H,4-5,7,10,12-13H2,1-3H3,(H,22,24). The number of nitrogens with zero attached hydrogens (tertiary/aromatic N) is 2. The number of nitriles is 1. The van der Waals surface area contributed by atoms with Crippen molar-refractivity contribution in [1.82, 2.24) is 4.90 Å². The topological polar surface area (TPSA) is 95.6 Å². The predicted octanol–water partition coefficient (Wildman–Crippen LogP) is 3.74. The van der Waals surface area contributed by atoms with Crippen LogP contribution in [0.2, 0.25) is 0 Å². The summed E-state index contributed by atoms with van der Waals surface area (Å²) in [6.45, 7) is 6.88. The number of aryl methyl sites for hydroxylation is 1. The molecule has 0 aromatic carbocycles. The summed E-state index contributed by atoms with van der Waals surface area (Å²) in [5.41, 5.74) is 1.34. The minimum Gasteiger partial charge on any atom is -0.468 e. The van der Waals surface area contributed by atoms with Crippen LogP contribution in [0.1, 0.15) is 46.8 Å². The highest BCUT2D eigenvalue weighted by Crippen LogP contribution is 2.34. The van der Waals surface area contributed by atoms with Gasteiger partial charge in [0.1, 0.15) is 10.8 Å². The predicted molar refractivity (Wildman–Crippen MR) is 107 cm³/mol. The Kier molecular flexibility index (Phi) is 8.23. The molecule has 2 aromatic rings. The summed E-state index contributed by atoms with van der Waals surface area (Å²) < 4.78 is 10.5. The number of carbonyl (C=O) groups is 2. The summed E-state index contributed by atoms with van der Waals surface area (Å²) in [6.07, 6.45) is 2.56. The number of furan rings is 1. The van der Waals surface area contributed by atoms with Gasteiger partial charge in [0.05, 0.1) is 37.6 Å². The van der Waals surface area contributed by atoms with E-state index in [-0.39, 0.29) is 19.1 Å². The van der Waals surface area contributed by atoms with Gasteiger partial charge >= 0.3 is 5.97 Å². The van der Waals surface area contributed by atoms with Crippen molar-refractivity contribution in [2.24, 2.45) is 0 Å². The molecule has 0 saturated carbocycles. The third kappa shape index (κ3) is 5.68. The second-order valence-electron chi connectivity index (χ2n) is 6.16. The monoisotopic (exact) mass is 403 g/mol. The van der Waals surface area contributed by atoms with Gasteiger partial charge in [-0.1, -0.05) is 6.92 Å². The molecule has 7 nitrogen and oxygen atoms in total. The van der Waals surface area contributed by atoms with Gasteiger partial charge in [-0.25, -0.2) is 4.79 Å². The highest BCUT2D eigenvalue weighted by Gasteiger charge is 2.24. The van der Waals surface area contributed by atoms with Crippen LogP contribution in [0, 0.1) is 18.3 Å². The number of amides is 1. The normalized spacial score (nSPS) is 10.7. The van der Waals surface area contributed by atoms with Gasteiger partial charge in [0.15, 0.2) is 0 Å². The van der Waals surface area contributed by atoms with Crippen LogP contribution in [-0.2, 0) is 22.5 Å². The molecule has 0 bridgehead atoms. The molecule has 0 aliphatic heterocycles. The summed E-state index contributed by atoms with van der Waals surface area (Å²) >= 11 is 1.38. The Hall–Kier alpha value is -2.63. The lowest BCUT2D eigenvalue weighted by molar-refractivity contribution is -0.117. The average Bonchev–Trinajstić information content (AvgIpc) is 3.26. The zero-order valence-electron chi connectivity index (χ0n) is 16.4. The first-order chi connectivity index (χ1) is 13.5. The zero-order valence-corrected chi connectivity index (χ0v) is 17.2. The van der Waals surface area contributed by atoms with Gasteiger partial charge in [-0.15, -0.1) is 11.3 Å². The van der Waals surface area contributed by atoms with Crippen molar-refractivity contribution in [1.29, 1.82) is 5.26 Å². The Morgan fingerprint density at radius 2 is 2.18 bits per heavy atom.